The van der Waals surface area contributed by atoms with Gasteiger partial charge in [0, 0.05) is 6.61 Å². The molecule has 0 aromatic heterocycles. The molecular formula is C6H12F3NO. The second-order valence-corrected chi connectivity index (χ2v) is 2.06. The van der Waals surface area contributed by atoms with Gasteiger partial charge in [-0.1, -0.05) is 0 Å². The molecule has 1 atom stereocenters. The predicted molar refractivity (Wildman–Crippen MR) is 35.1 cm³/mol. The first-order valence-electron chi connectivity index (χ1n) is 3.40. The van der Waals surface area contributed by atoms with Gasteiger partial charge in [-0.25, -0.2) is 0 Å². The normalized spacial score (nSPS) is 15.0. The van der Waals surface area contributed by atoms with Gasteiger partial charge in [-0.05, 0) is 19.9 Å². The summed E-state index contributed by atoms with van der Waals surface area (Å²) in [6.07, 6.45) is -6.15. The number of halogens is 3. The Hall–Kier alpha value is -0.290. The van der Waals surface area contributed by atoms with Crippen molar-refractivity contribution in [2.45, 2.75) is 25.6 Å². The number of hydrogen-bond donors (Lipinski definition) is 1. The molecule has 1 unspecified atom stereocenters. The van der Waals surface area contributed by atoms with Crippen molar-refractivity contribution in [2.24, 2.45) is 5.73 Å². The summed E-state index contributed by atoms with van der Waals surface area (Å²) in [5, 5.41) is 0. The summed E-state index contributed by atoms with van der Waals surface area (Å²) < 4.78 is 40.2. The number of hydrogen-bond acceptors (Lipinski definition) is 2. The first-order chi connectivity index (χ1) is 5.02. The average molecular weight is 171 g/mol. The minimum absolute atomic E-state index is 0.00975. The van der Waals surface area contributed by atoms with Gasteiger partial charge in [-0.15, -0.1) is 0 Å². The molecule has 2 nitrogen and oxygen atoms in total. The van der Waals surface area contributed by atoms with E-state index in [2.05, 4.69) is 4.74 Å². The van der Waals surface area contributed by atoms with E-state index in [4.69, 9.17) is 5.73 Å². The molecule has 0 rings (SSSR count). The maximum absolute atomic E-state index is 11.9. The van der Waals surface area contributed by atoms with E-state index in [0.717, 1.165) is 0 Å². The van der Waals surface area contributed by atoms with Crippen molar-refractivity contribution in [1.82, 2.24) is 0 Å². The summed E-state index contributed by atoms with van der Waals surface area (Å²) in [4.78, 5) is 0. The van der Waals surface area contributed by atoms with Crippen molar-refractivity contribution in [3.05, 3.63) is 0 Å². The topological polar surface area (TPSA) is 35.2 Å². The molecule has 11 heavy (non-hydrogen) atoms. The van der Waals surface area contributed by atoms with Gasteiger partial charge in [0.1, 0.15) is 0 Å². The van der Waals surface area contributed by atoms with E-state index in [1.807, 2.05) is 0 Å². The van der Waals surface area contributed by atoms with E-state index in [9.17, 15) is 13.2 Å². The quantitative estimate of drug-likeness (QED) is 0.692. The Kier molecular flexibility index (Phi) is 4.44. The Labute approximate surface area is 63.5 Å². The van der Waals surface area contributed by atoms with Gasteiger partial charge in [0.15, 0.2) is 6.10 Å². The molecule has 0 radical (unpaired) electrons. The third kappa shape index (κ3) is 4.21. The second-order valence-electron chi connectivity index (χ2n) is 2.06. The van der Waals surface area contributed by atoms with E-state index in [0.29, 0.717) is 0 Å². The van der Waals surface area contributed by atoms with Crippen LogP contribution in [0.5, 0.6) is 0 Å². The fourth-order valence-corrected chi connectivity index (χ4v) is 0.694. The minimum Gasteiger partial charge on any atom is -0.369 e. The molecule has 2 N–H and O–H groups in total. The van der Waals surface area contributed by atoms with Crippen LogP contribution in [0.1, 0.15) is 13.3 Å². The molecule has 68 valence electrons. The molecule has 0 aromatic rings. The van der Waals surface area contributed by atoms with Gasteiger partial charge in [-0.2, -0.15) is 13.2 Å². The Morgan fingerprint density at radius 3 is 2.27 bits per heavy atom. The fourth-order valence-electron chi connectivity index (χ4n) is 0.694. The van der Waals surface area contributed by atoms with Gasteiger partial charge in [0.2, 0.25) is 0 Å². The molecule has 0 spiro atoms. The van der Waals surface area contributed by atoms with Crippen LogP contribution < -0.4 is 5.73 Å². The van der Waals surface area contributed by atoms with Gasteiger partial charge in [-0.3, -0.25) is 0 Å². The Balaban J connectivity index is 3.88. The summed E-state index contributed by atoms with van der Waals surface area (Å²) in [5.74, 6) is 0. The highest BCUT2D eigenvalue weighted by Crippen LogP contribution is 2.24. The van der Waals surface area contributed by atoms with Gasteiger partial charge in [0.05, 0.1) is 0 Å². The lowest BCUT2D eigenvalue weighted by molar-refractivity contribution is -0.220. The zero-order valence-electron chi connectivity index (χ0n) is 6.32. The van der Waals surface area contributed by atoms with Gasteiger partial charge >= 0.3 is 6.18 Å². The van der Waals surface area contributed by atoms with Gasteiger partial charge in [0.25, 0.3) is 0 Å². The molecule has 0 fully saturated rings. The largest absolute Gasteiger partial charge is 0.414 e. The van der Waals surface area contributed by atoms with Crippen molar-refractivity contribution in [1.29, 1.82) is 0 Å². The summed E-state index contributed by atoms with van der Waals surface area (Å²) >= 11 is 0. The van der Waals surface area contributed by atoms with E-state index >= 15 is 0 Å². The van der Waals surface area contributed by atoms with Crippen LogP contribution in [0.2, 0.25) is 0 Å². The molecular weight excluding hydrogens is 159 g/mol. The van der Waals surface area contributed by atoms with Crippen LogP contribution in [-0.4, -0.2) is 25.4 Å². The summed E-state index contributed by atoms with van der Waals surface area (Å²) in [6, 6.07) is 0. The highest BCUT2D eigenvalue weighted by atomic mass is 19.4. The van der Waals surface area contributed by atoms with Crippen molar-refractivity contribution in [2.75, 3.05) is 13.2 Å². The first-order valence-corrected chi connectivity index (χ1v) is 3.40. The van der Waals surface area contributed by atoms with Crippen molar-refractivity contribution < 1.29 is 17.9 Å². The lowest BCUT2D eigenvalue weighted by Crippen LogP contribution is -2.33. The Morgan fingerprint density at radius 2 is 2.00 bits per heavy atom. The van der Waals surface area contributed by atoms with Crippen molar-refractivity contribution >= 4 is 0 Å². The number of nitrogens with two attached hydrogens (primary N) is 1. The molecule has 0 aliphatic heterocycles. The molecule has 0 saturated carbocycles. The van der Waals surface area contributed by atoms with Crippen LogP contribution in [0.4, 0.5) is 13.2 Å². The van der Waals surface area contributed by atoms with Gasteiger partial charge < -0.3 is 10.5 Å². The average Bonchev–Trinajstić information content (AvgIpc) is 1.85. The lowest BCUT2D eigenvalue weighted by Gasteiger charge is -2.18. The van der Waals surface area contributed by atoms with Crippen LogP contribution in [0, 0.1) is 0 Å². The SMILES string of the molecule is CCOC(CCN)C(F)(F)F. The molecule has 5 heteroatoms. The molecule has 0 amide bonds. The summed E-state index contributed by atoms with van der Waals surface area (Å²) in [6.45, 7) is 1.57. The van der Waals surface area contributed by atoms with E-state index < -0.39 is 12.3 Å². The zero-order valence-corrected chi connectivity index (χ0v) is 6.32. The number of alkyl halides is 3. The van der Waals surface area contributed by atoms with Crippen molar-refractivity contribution in [3.63, 3.8) is 0 Å². The maximum atomic E-state index is 11.9. The van der Waals surface area contributed by atoms with Crippen LogP contribution in [0.3, 0.4) is 0 Å². The highest BCUT2D eigenvalue weighted by Gasteiger charge is 2.39. The third-order valence-electron chi connectivity index (χ3n) is 1.16. The van der Waals surface area contributed by atoms with Crippen molar-refractivity contribution in [3.8, 4) is 0 Å². The molecule has 0 heterocycles. The molecule has 0 aromatic carbocycles. The second kappa shape index (κ2) is 4.56. The van der Waals surface area contributed by atoms with Crippen LogP contribution >= 0.6 is 0 Å². The Bertz CT molecular complexity index is 98.5. The zero-order chi connectivity index (χ0) is 8.91. The smallest absolute Gasteiger partial charge is 0.369 e. The Morgan fingerprint density at radius 1 is 1.45 bits per heavy atom. The van der Waals surface area contributed by atoms with E-state index in [1.54, 1.807) is 0 Å². The monoisotopic (exact) mass is 171 g/mol. The third-order valence-corrected chi connectivity index (χ3v) is 1.16. The minimum atomic E-state index is -4.28. The molecule has 0 bridgehead atoms. The molecule has 0 saturated heterocycles. The van der Waals surface area contributed by atoms with E-state index in [1.165, 1.54) is 6.92 Å². The van der Waals surface area contributed by atoms with Crippen LogP contribution in [-0.2, 0) is 4.74 Å². The molecule has 0 aliphatic carbocycles. The number of rotatable bonds is 4. The first kappa shape index (κ1) is 10.7. The molecule has 0 aliphatic rings. The lowest BCUT2D eigenvalue weighted by atomic mass is 10.2. The van der Waals surface area contributed by atoms with Crippen LogP contribution in [0.25, 0.3) is 0 Å². The van der Waals surface area contributed by atoms with Crippen LogP contribution in [0.15, 0.2) is 0 Å². The standard InChI is InChI=1S/C6H12F3NO/c1-2-11-5(3-4-10)6(7,8)9/h5H,2-4,10H2,1H3. The summed E-state index contributed by atoms with van der Waals surface area (Å²) in [7, 11) is 0. The van der Waals surface area contributed by atoms with E-state index in [-0.39, 0.29) is 19.6 Å². The highest BCUT2D eigenvalue weighted by molar-refractivity contribution is 4.67. The number of ether oxygens (including phenoxy) is 1. The predicted octanol–water partition coefficient (Wildman–Crippen LogP) is 1.30. The fraction of sp³-hybridized carbons (Fsp3) is 1.00. The summed E-state index contributed by atoms with van der Waals surface area (Å²) in [5.41, 5.74) is 4.98. The maximum Gasteiger partial charge on any atom is 0.414 e.